The Labute approximate surface area is 77.8 Å². The normalized spacial score (nSPS) is 22.2. The fraction of sp³-hybridized carbons (Fsp3) is 0.778. The van der Waals surface area contributed by atoms with Gasteiger partial charge in [0.1, 0.15) is 0 Å². The number of methoxy groups -OCH3 is 1. The molecule has 0 aromatic rings. The van der Waals surface area contributed by atoms with E-state index in [-0.39, 0.29) is 17.9 Å². The van der Waals surface area contributed by atoms with E-state index in [1.54, 1.807) is 11.9 Å². The van der Waals surface area contributed by atoms with Gasteiger partial charge >= 0.3 is 5.97 Å². The highest BCUT2D eigenvalue weighted by atomic mass is 16.5. The van der Waals surface area contributed by atoms with E-state index < -0.39 is 0 Å². The molecule has 4 heteroatoms. The highest BCUT2D eigenvalue weighted by Gasteiger charge is 2.27. The number of nitrogens with zero attached hydrogens (tertiary/aromatic N) is 1. The molecule has 1 aliphatic rings. The number of ether oxygens (including phenoxy) is 1. The van der Waals surface area contributed by atoms with Crippen molar-refractivity contribution in [3.05, 3.63) is 0 Å². The molecule has 0 saturated carbocycles. The Morgan fingerprint density at radius 3 is 2.85 bits per heavy atom. The third-order valence-corrected chi connectivity index (χ3v) is 2.54. The van der Waals surface area contributed by atoms with Crippen molar-refractivity contribution in [2.45, 2.75) is 31.7 Å². The smallest absolute Gasteiger partial charge is 0.305 e. The van der Waals surface area contributed by atoms with E-state index in [1.807, 2.05) is 0 Å². The fourth-order valence-electron chi connectivity index (χ4n) is 1.59. The number of carbonyl (C=O) groups is 2. The minimum Gasteiger partial charge on any atom is -0.469 e. The van der Waals surface area contributed by atoms with Crippen molar-refractivity contribution in [1.29, 1.82) is 0 Å². The number of hydrogen-bond donors (Lipinski definition) is 0. The van der Waals surface area contributed by atoms with Crippen LogP contribution in [0.2, 0.25) is 0 Å². The van der Waals surface area contributed by atoms with Crippen LogP contribution < -0.4 is 0 Å². The van der Waals surface area contributed by atoms with E-state index in [9.17, 15) is 9.59 Å². The maximum Gasteiger partial charge on any atom is 0.305 e. The summed E-state index contributed by atoms with van der Waals surface area (Å²) in [6, 6.07) is 0.228. The van der Waals surface area contributed by atoms with Gasteiger partial charge in [-0.1, -0.05) is 0 Å². The zero-order chi connectivity index (χ0) is 9.84. The molecule has 0 aromatic carbocycles. The van der Waals surface area contributed by atoms with Crippen molar-refractivity contribution in [3.8, 4) is 0 Å². The largest absolute Gasteiger partial charge is 0.469 e. The number of esters is 1. The van der Waals surface area contributed by atoms with Crippen LogP contribution in [-0.4, -0.2) is 37.0 Å². The summed E-state index contributed by atoms with van der Waals surface area (Å²) in [6.07, 6.45) is 2.60. The van der Waals surface area contributed by atoms with Gasteiger partial charge in [-0.25, -0.2) is 0 Å². The van der Waals surface area contributed by atoms with E-state index in [2.05, 4.69) is 4.74 Å². The molecular weight excluding hydrogens is 170 g/mol. The minimum atomic E-state index is -0.201. The van der Waals surface area contributed by atoms with Gasteiger partial charge in [0.25, 0.3) is 0 Å². The van der Waals surface area contributed by atoms with Crippen molar-refractivity contribution in [3.63, 3.8) is 0 Å². The molecule has 1 aliphatic heterocycles. The van der Waals surface area contributed by atoms with Gasteiger partial charge in [0.15, 0.2) is 0 Å². The number of rotatable bonds is 3. The Hall–Kier alpha value is -1.06. The van der Waals surface area contributed by atoms with Crippen molar-refractivity contribution < 1.29 is 14.3 Å². The van der Waals surface area contributed by atoms with Crippen molar-refractivity contribution in [2.75, 3.05) is 14.2 Å². The lowest BCUT2D eigenvalue weighted by Crippen LogP contribution is -2.29. The summed E-state index contributed by atoms with van der Waals surface area (Å²) in [5.41, 5.74) is 0. The second-order valence-electron chi connectivity index (χ2n) is 3.31. The Morgan fingerprint density at radius 2 is 2.38 bits per heavy atom. The van der Waals surface area contributed by atoms with Crippen LogP contribution in [0.1, 0.15) is 25.7 Å². The van der Waals surface area contributed by atoms with Crippen molar-refractivity contribution in [1.82, 2.24) is 4.90 Å². The van der Waals surface area contributed by atoms with Crippen molar-refractivity contribution in [2.24, 2.45) is 0 Å². The first-order valence-corrected chi connectivity index (χ1v) is 4.47. The maximum atomic E-state index is 11.1. The first kappa shape index (κ1) is 10.0. The summed E-state index contributed by atoms with van der Waals surface area (Å²) in [5, 5.41) is 0. The summed E-state index contributed by atoms with van der Waals surface area (Å²) in [6.45, 7) is 0. The van der Waals surface area contributed by atoms with Gasteiger partial charge in [0, 0.05) is 25.9 Å². The molecular formula is C9H15NO3. The van der Waals surface area contributed by atoms with Crippen LogP contribution in [0.4, 0.5) is 0 Å². The SMILES string of the molecule is COC(=O)CCC1CCC(=O)N1C. The zero-order valence-electron chi connectivity index (χ0n) is 8.08. The topological polar surface area (TPSA) is 46.6 Å². The first-order valence-electron chi connectivity index (χ1n) is 4.47. The van der Waals surface area contributed by atoms with Gasteiger partial charge in [-0.3, -0.25) is 9.59 Å². The number of amides is 1. The van der Waals surface area contributed by atoms with Gasteiger partial charge < -0.3 is 9.64 Å². The average Bonchev–Trinajstić information content (AvgIpc) is 2.44. The lowest BCUT2D eigenvalue weighted by Gasteiger charge is -2.18. The molecule has 1 fully saturated rings. The lowest BCUT2D eigenvalue weighted by atomic mass is 10.1. The maximum absolute atomic E-state index is 11.1. The fourth-order valence-corrected chi connectivity index (χ4v) is 1.59. The highest BCUT2D eigenvalue weighted by Crippen LogP contribution is 2.20. The lowest BCUT2D eigenvalue weighted by molar-refractivity contribution is -0.141. The predicted molar refractivity (Wildman–Crippen MR) is 47.0 cm³/mol. The third-order valence-electron chi connectivity index (χ3n) is 2.54. The molecule has 1 unspecified atom stereocenters. The van der Waals surface area contributed by atoms with Gasteiger partial charge in [-0.15, -0.1) is 0 Å². The van der Waals surface area contributed by atoms with Crippen LogP contribution in [0.25, 0.3) is 0 Å². The molecule has 0 bridgehead atoms. The van der Waals surface area contributed by atoms with E-state index in [4.69, 9.17) is 0 Å². The molecule has 74 valence electrons. The van der Waals surface area contributed by atoms with E-state index >= 15 is 0 Å². The second kappa shape index (κ2) is 4.25. The number of likely N-dealkylation sites (tertiary alicyclic amines) is 1. The molecule has 0 radical (unpaired) electrons. The summed E-state index contributed by atoms with van der Waals surface area (Å²) in [7, 11) is 3.17. The number of carbonyl (C=O) groups excluding carboxylic acids is 2. The van der Waals surface area contributed by atoms with Gasteiger partial charge in [0.05, 0.1) is 7.11 Å². The summed E-state index contributed by atoms with van der Waals surface area (Å²) in [5.74, 6) is -0.0254. The molecule has 1 saturated heterocycles. The van der Waals surface area contributed by atoms with Crippen LogP contribution in [0.15, 0.2) is 0 Å². The molecule has 0 N–H and O–H groups in total. The highest BCUT2D eigenvalue weighted by molar-refractivity contribution is 5.78. The first-order chi connectivity index (χ1) is 6.15. The Kier molecular flexibility index (Phi) is 3.28. The standard InChI is InChI=1S/C9H15NO3/c1-10-7(3-5-8(10)11)4-6-9(12)13-2/h7H,3-6H2,1-2H3. The van der Waals surface area contributed by atoms with Gasteiger partial charge in [-0.2, -0.15) is 0 Å². The van der Waals surface area contributed by atoms with Crippen molar-refractivity contribution >= 4 is 11.9 Å². The monoisotopic (exact) mass is 185 g/mol. The minimum absolute atomic E-state index is 0.176. The molecule has 1 heterocycles. The van der Waals surface area contributed by atoms with E-state index in [0.717, 1.165) is 12.8 Å². The van der Waals surface area contributed by atoms with E-state index in [0.29, 0.717) is 12.8 Å². The summed E-state index contributed by atoms with van der Waals surface area (Å²) in [4.78, 5) is 23.7. The molecule has 0 aliphatic carbocycles. The third kappa shape index (κ3) is 2.44. The van der Waals surface area contributed by atoms with Crippen LogP contribution in [0.3, 0.4) is 0 Å². The molecule has 0 aromatic heterocycles. The van der Waals surface area contributed by atoms with Gasteiger partial charge in [-0.05, 0) is 12.8 Å². The number of hydrogen-bond acceptors (Lipinski definition) is 3. The molecule has 1 amide bonds. The molecule has 4 nitrogen and oxygen atoms in total. The van der Waals surface area contributed by atoms with Crippen LogP contribution in [-0.2, 0) is 14.3 Å². The quantitative estimate of drug-likeness (QED) is 0.603. The zero-order valence-corrected chi connectivity index (χ0v) is 8.08. The van der Waals surface area contributed by atoms with Crippen LogP contribution >= 0.6 is 0 Å². The Bertz CT molecular complexity index is 215. The van der Waals surface area contributed by atoms with Crippen LogP contribution in [0, 0.1) is 0 Å². The van der Waals surface area contributed by atoms with Gasteiger partial charge in [0.2, 0.25) is 5.91 Å². The Morgan fingerprint density at radius 1 is 1.69 bits per heavy atom. The summed E-state index contributed by atoms with van der Waals surface area (Å²) < 4.78 is 4.53. The molecule has 13 heavy (non-hydrogen) atoms. The Balaban J connectivity index is 2.30. The van der Waals surface area contributed by atoms with Crippen LogP contribution in [0.5, 0.6) is 0 Å². The molecule has 1 atom stereocenters. The van der Waals surface area contributed by atoms with E-state index in [1.165, 1.54) is 7.11 Å². The molecule has 0 spiro atoms. The second-order valence-corrected chi connectivity index (χ2v) is 3.31. The molecule has 1 rings (SSSR count). The predicted octanol–water partition coefficient (Wildman–Crippen LogP) is 0.560. The average molecular weight is 185 g/mol. The summed E-state index contributed by atoms with van der Waals surface area (Å²) >= 11 is 0.